The van der Waals surface area contributed by atoms with Gasteiger partial charge in [-0.25, -0.2) is 4.39 Å². The van der Waals surface area contributed by atoms with Gasteiger partial charge >= 0.3 is 0 Å². The normalized spacial score (nSPS) is 25.0. The van der Waals surface area contributed by atoms with Crippen LogP contribution in [0.25, 0.3) is 0 Å². The molecule has 7 heteroatoms. The van der Waals surface area contributed by atoms with Crippen LogP contribution >= 0.6 is 0 Å². The summed E-state index contributed by atoms with van der Waals surface area (Å²) in [4.78, 5) is 9.91. The van der Waals surface area contributed by atoms with Crippen molar-refractivity contribution in [3.8, 4) is 6.07 Å². The Morgan fingerprint density at radius 2 is 1.89 bits per heavy atom. The molecule has 4 atom stereocenters. The fourth-order valence-corrected chi connectivity index (χ4v) is 7.70. The molecule has 4 heterocycles. The molecule has 2 N–H and O–H groups in total. The zero-order valence-electron chi connectivity index (χ0n) is 28.6. The van der Waals surface area contributed by atoms with Crippen molar-refractivity contribution in [1.82, 2.24) is 9.88 Å². The molecular weight excluding hydrogens is 549 g/mol. The van der Waals surface area contributed by atoms with Crippen molar-refractivity contribution in [1.29, 1.82) is 5.26 Å². The van der Waals surface area contributed by atoms with Crippen molar-refractivity contribution in [3.63, 3.8) is 0 Å². The van der Waals surface area contributed by atoms with E-state index in [0.717, 1.165) is 68.6 Å². The fourth-order valence-electron chi connectivity index (χ4n) is 7.70. The first kappa shape index (κ1) is 34.2. The highest BCUT2D eigenvalue weighted by molar-refractivity contribution is 5.63. The number of halogens is 1. The quantitative estimate of drug-likeness (QED) is 0.289. The van der Waals surface area contributed by atoms with E-state index in [-0.39, 0.29) is 17.2 Å². The van der Waals surface area contributed by atoms with E-state index in [1.54, 1.807) is 0 Å². The molecule has 5 rings (SSSR count). The summed E-state index contributed by atoms with van der Waals surface area (Å²) in [6.07, 6.45) is 7.11. The predicted octanol–water partition coefficient (Wildman–Crippen LogP) is 8.41. The summed E-state index contributed by atoms with van der Waals surface area (Å²) in [5.74, 6) is 0.332. The van der Waals surface area contributed by atoms with Gasteiger partial charge in [-0.1, -0.05) is 54.5 Å². The van der Waals surface area contributed by atoms with Crippen LogP contribution in [0.4, 0.5) is 15.8 Å². The van der Waals surface area contributed by atoms with E-state index in [2.05, 4.69) is 83.4 Å². The molecule has 2 fully saturated rings. The maximum atomic E-state index is 13.0. The number of nitrogens with zero attached hydrogens (tertiary/aromatic N) is 4. The number of nitriles is 1. The molecule has 0 spiro atoms. The smallest absolute Gasteiger partial charge is 0.115 e. The Hall–Kier alpha value is -2.69. The Kier molecular flexibility index (Phi) is 11.0. The van der Waals surface area contributed by atoms with Crippen molar-refractivity contribution < 1.29 is 9.13 Å². The summed E-state index contributed by atoms with van der Waals surface area (Å²) in [7, 11) is 0. The number of alkyl halides is 1. The number of rotatable bonds is 9. The van der Waals surface area contributed by atoms with E-state index in [9.17, 15) is 9.65 Å². The number of aryl methyl sites for hydroxylation is 1. The van der Waals surface area contributed by atoms with Crippen LogP contribution < -0.4 is 10.6 Å². The molecule has 44 heavy (non-hydrogen) atoms. The van der Waals surface area contributed by atoms with Gasteiger partial charge in [0.2, 0.25) is 0 Å². The summed E-state index contributed by atoms with van der Waals surface area (Å²) in [5, 5.41) is 9.95. The molecule has 2 saturated heterocycles. The van der Waals surface area contributed by atoms with Gasteiger partial charge in [-0.05, 0) is 82.0 Å². The van der Waals surface area contributed by atoms with Crippen LogP contribution in [0.5, 0.6) is 0 Å². The number of hydrogen-bond acceptors (Lipinski definition) is 6. The van der Waals surface area contributed by atoms with Crippen LogP contribution in [0, 0.1) is 11.3 Å². The van der Waals surface area contributed by atoms with E-state index in [0.29, 0.717) is 36.7 Å². The maximum Gasteiger partial charge on any atom is 0.115 e. The van der Waals surface area contributed by atoms with Gasteiger partial charge in [0.1, 0.15) is 12.2 Å². The number of benzene rings is 1. The van der Waals surface area contributed by atoms with Crippen LogP contribution in [-0.4, -0.2) is 46.8 Å². The topological polar surface area (TPSA) is 78.4 Å². The minimum Gasteiger partial charge on any atom is -0.398 e. The second kappa shape index (κ2) is 14.2. The molecule has 0 amide bonds. The van der Waals surface area contributed by atoms with E-state index in [1.165, 1.54) is 23.2 Å². The van der Waals surface area contributed by atoms with Gasteiger partial charge in [0.05, 0.1) is 24.0 Å². The van der Waals surface area contributed by atoms with Crippen molar-refractivity contribution in [3.05, 3.63) is 51.8 Å². The van der Waals surface area contributed by atoms with Crippen LogP contribution in [0.3, 0.4) is 0 Å². The second-order valence-electron chi connectivity index (χ2n) is 13.4. The van der Waals surface area contributed by atoms with Crippen LogP contribution in [0.1, 0.15) is 140 Å². The lowest BCUT2D eigenvalue weighted by atomic mass is 9.78. The lowest BCUT2D eigenvalue weighted by molar-refractivity contribution is 0.0250. The van der Waals surface area contributed by atoms with Gasteiger partial charge in [-0.2, -0.15) is 5.26 Å². The van der Waals surface area contributed by atoms with Crippen molar-refractivity contribution in [2.24, 2.45) is 0 Å². The Morgan fingerprint density at radius 3 is 2.41 bits per heavy atom. The molecule has 0 radical (unpaired) electrons. The molecule has 242 valence electrons. The molecule has 0 saturated carbocycles. The molecular formula is C37H56FN5O. The number of ether oxygens (including phenoxy) is 1. The first-order valence-corrected chi connectivity index (χ1v) is 17.2. The molecule has 0 aliphatic carbocycles. The first-order valence-electron chi connectivity index (χ1n) is 17.2. The third-order valence-electron chi connectivity index (χ3n) is 11.3. The van der Waals surface area contributed by atoms with Crippen LogP contribution in [0.15, 0.2) is 18.2 Å². The van der Waals surface area contributed by atoms with Crippen molar-refractivity contribution in [2.75, 3.05) is 30.3 Å². The highest BCUT2D eigenvalue weighted by Gasteiger charge is 2.44. The monoisotopic (exact) mass is 605 g/mol. The third kappa shape index (κ3) is 6.35. The molecule has 1 aromatic heterocycles. The maximum absolute atomic E-state index is 13.0. The van der Waals surface area contributed by atoms with E-state index in [1.807, 2.05) is 6.07 Å². The van der Waals surface area contributed by atoms with Crippen LogP contribution in [0.2, 0.25) is 0 Å². The van der Waals surface area contributed by atoms with Crippen molar-refractivity contribution in [2.45, 2.75) is 143 Å². The fraction of sp³-hybridized carbons (Fsp3) is 0.676. The van der Waals surface area contributed by atoms with Crippen LogP contribution in [-0.2, 0) is 24.2 Å². The number of nitrogen functional groups attached to an aromatic ring is 1. The molecule has 6 nitrogen and oxygen atoms in total. The number of pyridine rings is 1. The molecule has 4 unspecified atom stereocenters. The minimum atomic E-state index is -0.597. The molecule has 0 bridgehead atoms. The molecule has 3 aliphatic heterocycles. The number of fused-ring (bicyclic) bond motifs is 1. The second-order valence-corrected chi connectivity index (χ2v) is 13.4. The zero-order valence-corrected chi connectivity index (χ0v) is 28.6. The molecule has 3 aliphatic rings. The van der Waals surface area contributed by atoms with Gasteiger partial charge in [0.25, 0.3) is 0 Å². The number of likely N-dealkylation sites (tertiary alicyclic amines) is 1. The molecule has 2 aromatic rings. The van der Waals surface area contributed by atoms with Gasteiger partial charge in [0.15, 0.2) is 0 Å². The predicted molar refractivity (Wildman–Crippen MR) is 180 cm³/mol. The largest absolute Gasteiger partial charge is 0.398 e. The van der Waals surface area contributed by atoms with Gasteiger partial charge in [-0.3, -0.25) is 9.88 Å². The van der Waals surface area contributed by atoms with E-state index in [4.69, 9.17) is 15.5 Å². The van der Waals surface area contributed by atoms with E-state index >= 15 is 0 Å². The van der Waals surface area contributed by atoms with Gasteiger partial charge in [-0.15, -0.1) is 0 Å². The highest BCUT2D eigenvalue weighted by atomic mass is 19.1. The average Bonchev–Trinajstić information content (AvgIpc) is 3.33. The van der Waals surface area contributed by atoms with Gasteiger partial charge < -0.3 is 15.4 Å². The summed E-state index contributed by atoms with van der Waals surface area (Å²) in [6.45, 7) is 20.8. The van der Waals surface area contributed by atoms with E-state index < -0.39 is 6.17 Å². The SMILES string of the molecule is CCN1CC(F)CC1(C)CC.CCc1cc(N2CCC2(CC)CC)c2c(n1)CC(c1c(C(C)CC)ccc(N)c1C#N)OC2. The van der Waals surface area contributed by atoms with Crippen molar-refractivity contribution >= 4 is 11.4 Å². The number of hydrogen-bond donors (Lipinski definition) is 1. The highest BCUT2D eigenvalue weighted by Crippen LogP contribution is 2.46. The Bertz CT molecular complexity index is 1330. The standard InChI is InChI=1S/C28H38N4O.C9H18FN/c1-6-18(5)20-10-11-23(30)21(16-29)27(20)26-15-24-22(17-33-26)25(14-19(7-2)31-24)32-13-12-28(32,8-3)9-4;1-4-9(3)6-8(10)7-11(9)5-2/h10-11,14,18,26H,6-9,12-13,15,17,30H2,1-5H3;8H,4-7H2,1-3H3. The number of anilines is 2. The van der Waals surface area contributed by atoms with Gasteiger partial charge in [0, 0.05) is 58.8 Å². The lowest BCUT2D eigenvalue weighted by Crippen LogP contribution is -2.60. The Balaban J connectivity index is 0.000000339. The summed E-state index contributed by atoms with van der Waals surface area (Å²) < 4.78 is 19.5. The number of aromatic nitrogens is 1. The molecule has 1 aromatic carbocycles. The third-order valence-corrected chi connectivity index (χ3v) is 11.3. The number of nitrogens with two attached hydrogens (primary N) is 1. The zero-order chi connectivity index (χ0) is 32.2. The first-order chi connectivity index (χ1) is 21.0. The summed E-state index contributed by atoms with van der Waals surface area (Å²) >= 11 is 0. The summed E-state index contributed by atoms with van der Waals surface area (Å²) in [5.41, 5.74) is 14.6. The average molecular weight is 606 g/mol. The minimum absolute atomic E-state index is 0.133. The lowest BCUT2D eigenvalue weighted by Gasteiger charge is -2.55. The Labute approximate surface area is 266 Å². The summed E-state index contributed by atoms with van der Waals surface area (Å²) in [6, 6.07) is 8.60. The Morgan fingerprint density at radius 1 is 1.16 bits per heavy atom.